The molecule has 0 amide bonds. The van der Waals surface area contributed by atoms with Gasteiger partial charge in [-0.3, -0.25) is 4.79 Å². The monoisotopic (exact) mass is 185 g/mol. The Bertz CT molecular complexity index is 310. The van der Waals surface area contributed by atoms with Gasteiger partial charge in [0, 0.05) is 11.8 Å². The summed E-state index contributed by atoms with van der Waals surface area (Å²) >= 11 is 1.68. The van der Waals surface area contributed by atoms with E-state index < -0.39 is 0 Å². The average molecular weight is 185 g/mol. The number of hydrogen-bond donors (Lipinski definition) is 1. The molecule has 0 fully saturated rings. The van der Waals surface area contributed by atoms with Gasteiger partial charge < -0.3 is 5.73 Å². The molecule has 4 nitrogen and oxygen atoms in total. The summed E-state index contributed by atoms with van der Waals surface area (Å²) in [4.78, 5) is 11.2. The van der Waals surface area contributed by atoms with Crippen LogP contribution in [0.4, 0.5) is 5.69 Å². The summed E-state index contributed by atoms with van der Waals surface area (Å²) in [7, 11) is 0. The summed E-state index contributed by atoms with van der Waals surface area (Å²) < 4.78 is 1.41. The van der Waals surface area contributed by atoms with Gasteiger partial charge in [0.25, 0.3) is 5.56 Å². The van der Waals surface area contributed by atoms with Crippen LogP contribution >= 0.6 is 11.8 Å². The first-order valence-electron chi connectivity index (χ1n) is 3.55. The van der Waals surface area contributed by atoms with Crippen LogP contribution in [0, 0.1) is 0 Å². The lowest BCUT2D eigenvalue weighted by Crippen LogP contribution is -2.23. The minimum Gasteiger partial charge on any atom is -0.397 e. The second kappa shape index (κ2) is 4.15. The molecule has 66 valence electrons. The summed E-state index contributed by atoms with van der Waals surface area (Å²) in [5.41, 5.74) is 5.66. The van der Waals surface area contributed by atoms with Crippen LogP contribution in [0.3, 0.4) is 0 Å². The van der Waals surface area contributed by atoms with Gasteiger partial charge in [0.1, 0.15) is 0 Å². The summed E-state index contributed by atoms with van der Waals surface area (Å²) in [6.45, 7) is 0.639. The number of hydrogen-bond acceptors (Lipinski definition) is 4. The zero-order chi connectivity index (χ0) is 8.97. The van der Waals surface area contributed by atoms with Crippen LogP contribution in [0.25, 0.3) is 0 Å². The molecule has 0 aliphatic rings. The highest BCUT2D eigenvalue weighted by molar-refractivity contribution is 7.98. The zero-order valence-electron chi connectivity index (χ0n) is 6.86. The van der Waals surface area contributed by atoms with E-state index in [0.717, 1.165) is 5.75 Å². The number of nitrogens with two attached hydrogens (primary N) is 1. The van der Waals surface area contributed by atoms with Crippen molar-refractivity contribution in [1.29, 1.82) is 0 Å². The highest BCUT2D eigenvalue weighted by atomic mass is 32.2. The van der Waals surface area contributed by atoms with Crippen molar-refractivity contribution in [2.45, 2.75) is 6.54 Å². The zero-order valence-corrected chi connectivity index (χ0v) is 7.67. The molecule has 0 radical (unpaired) electrons. The molecule has 12 heavy (non-hydrogen) atoms. The van der Waals surface area contributed by atoms with Gasteiger partial charge in [0.2, 0.25) is 0 Å². The molecule has 0 spiro atoms. The maximum atomic E-state index is 11.2. The van der Waals surface area contributed by atoms with Gasteiger partial charge >= 0.3 is 0 Å². The fraction of sp³-hybridized carbons (Fsp3) is 0.429. The highest BCUT2D eigenvalue weighted by Crippen LogP contribution is 1.94. The van der Waals surface area contributed by atoms with Crippen molar-refractivity contribution >= 4 is 17.4 Å². The van der Waals surface area contributed by atoms with E-state index in [1.54, 1.807) is 11.8 Å². The Morgan fingerprint density at radius 1 is 1.75 bits per heavy atom. The Kier molecular flexibility index (Phi) is 3.16. The molecule has 1 heterocycles. The van der Waals surface area contributed by atoms with Crippen molar-refractivity contribution in [3.8, 4) is 0 Å². The lowest BCUT2D eigenvalue weighted by Gasteiger charge is -2.01. The lowest BCUT2D eigenvalue weighted by molar-refractivity contribution is 0.622. The SMILES string of the molecule is CSCCn1ncc(N)cc1=O. The first kappa shape index (κ1) is 9.12. The molecule has 0 saturated carbocycles. The van der Waals surface area contributed by atoms with Crippen LogP contribution in [0.2, 0.25) is 0 Å². The standard InChI is InChI=1S/C7H11N3OS/c1-12-3-2-10-7(11)4-6(8)5-9-10/h4-5H,2-3,8H2,1H3. The summed E-state index contributed by atoms with van der Waals surface area (Å²) in [5, 5.41) is 3.88. The molecule has 0 unspecified atom stereocenters. The van der Waals surface area contributed by atoms with Gasteiger partial charge in [0.15, 0.2) is 0 Å². The van der Waals surface area contributed by atoms with Crippen molar-refractivity contribution in [3.05, 3.63) is 22.6 Å². The number of nitrogens with zero attached hydrogens (tertiary/aromatic N) is 2. The molecule has 0 aliphatic heterocycles. The van der Waals surface area contributed by atoms with Crippen LogP contribution in [-0.4, -0.2) is 21.8 Å². The Morgan fingerprint density at radius 3 is 3.08 bits per heavy atom. The van der Waals surface area contributed by atoms with Crippen molar-refractivity contribution in [1.82, 2.24) is 9.78 Å². The number of rotatable bonds is 3. The predicted octanol–water partition coefficient (Wildman–Crippen LogP) is 0.189. The molecule has 0 aliphatic carbocycles. The van der Waals surface area contributed by atoms with Crippen LogP contribution < -0.4 is 11.3 Å². The average Bonchev–Trinajstić information content (AvgIpc) is 2.03. The van der Waals surface area contributed by atoms with Gasteiger partial charge in [0.05, 0.1) is 18.4 Å². The second-order valence-corrected chi connectivity index (χ2v) is 3.33. The van der Waals surface area contributed by atoms with E-state index in [-0.39, 0.29) is 5.56 Å². The molecular weight excluding hydrogens is 174 g/mol. The van der Waals surface area contributed by atoms with E-state index in [9.17, 15) is 4.79 Å². The fourth-order valence-electron chi connectivity index (χ4n) is 0.793. The van der Waals surface area contributed by atoms with Crippen LogP contribution in [0.15, 0.2) is 17.1 Å². The van der Waals surface area contributed by atoms with Crippen LogP contribution in [-0.2, 0) is 6.54 Å². The van der Waals surface area contributed by atoms with E-state index in [1.807, 2.05) is 6.26 Å². The van der Waals surface area contributed by atoms with Crippen molar-refractivity contribution in [2.75, 3.05) is 17.7 Å². The number of thioether (sulfide) groups is 1. The van der Waals surface area contributed by atoms with E-state index in [1.165, 1.54) is 16.9 Å². The van der Waals surface area contributed by atoms with Crippen molar-refractivity contribution < 1.29 is 0 Å². The smallest absolute Gasteiger partial charge is 0.268 e. The lowest BCUT2D eigenvalue weighted by atomic mass is 10.5. The van der Waals surface area contributed by atoms with Gasteiger partial charge in [-0.1, -0.05) is 0 Å². The quantitative estimate of drug-likeness (QED) is 0.730. The van der Waals surface area contributed by atoms with Crippen molar-refractivity contribution in [3.63, 3.8) is 0 Å². The molecule has 2 N–H and O–H groups in total. The first-order chi connectivity index (χ1) is 5.74. The van der Waals surface area contributed by atoms with Gasteiger partial charge in [-0.05, 0) is 6.26 Å². The molecule has 1 aromatic heterocycles. The summed E-state index contributed by atoms with van der Waals surface area (Å²) in [6, 6.07) is 1.38. The molecule has 0 atom stereocenters. The first-order valence-corrected chi connectivity index (χ1v) is 4.95. The van der Waals surface area contributed by atoms with E-state index in [4.69, 9.17) is 5.73 Å². The molecule has 1 rings (SSSR count). The third-order valence-electron chi connectivity index (χ3n) is 1.40. The number of nitrogen functional groups attached to an aromatic ring is 1. The molecule has 0 saturated heterocycles. The van der Waals surface area contributed by atoms with Crippen LogP contribution in [0.5, 0.6) is 0 Å². The second-order valence-electron chi connectivity index (χ2n) is 2.34. The third kappa shape index (κ3) is 2.27. The van der Waals surface area contributed by atoms with E-state index in [2.05, 4.69) is 5.10 Å². The Hall–Kier alpha value is -0.970. The molecule has 1 aromatic rings. The summed E-state index contributed by atoms with van der Waals surface area (Å²) in [5.74, 6) is 0.886. The molecular formula is C7H11N3OS. The number of anilines is 1. The maximum Gasteiger partial charge on any atom is 0.268 e. The Balaban J connectivity index is 2.80. The number of aromatic nitrogens is 2. The largest absolute Gasteiger partial charge is 0.397 e. The molecule has 5 heteroatoms. The highest BCUT2D eigenvalue weighted by Gasteiger charge is 1.95. The van der Waals surface area contributed by atoms with Gasteiger partial charge in [-0.2, -0.15) is 16.9 Å². The van der Waals surface area contributed by atoms with Gasteiger partial charge in [-0.15, -0.1) is 0 Å². The Labute approximate surface area is 74.8 Å². The fourth-order valence-corrected chi connectivity index (χ4v) is 1.15. The normalized spacial score (nSPS) is 10.1. The maximum absolute atomic E-state index is 11.2. The molecule has 0 bridgehead atoms. The third-order valence-corrected chi connectivity index (χ3v) is 1.99. The van der Waals surface area contributed by atoms with Gasteiger partial charge in [-0.25, -0.2) is 4.68 Å². The van der Waals surface area contributed by atoms with Crippen molar-refractivity contribution in [2.24, 2.45) is 0 Å². The minimum atomic E-state index is -0.135. The topological polar surface area (TPSA) is 60.9 Å². The minimum absolute atomic E-state index is 0.135. The Morgan fingerprint density at radius 2 is 2.50 bits per heavy atom. The van der Waals surface area contributed by atoms with E-state index in [0.29, 0.717) is 12.2 Å². The molecule has 0 aromatic carbocycles. The number of aryl methyl sites for hydroxylation is 1. The van der Waals surface area contributed by atoms with E-state index >= 15 is 0 Å². The van der Waals surface area contributed by atoms with Crippen LogP contribution in [0.1, 0.15) is 0 Å². The summed E-state index contributed by atoms with van der Waals surface area (Å²) in [6.07, 6.45) is 3.48. The predicted molar refractivity (Wildman–Crippen MR) is 51.3 cm³/mol.